The van der Waals surface area contributed by atoms with Gasteiger partial charge in [0.1, 0.15) is 0 Å². The number of hydrogen-bond acceptors (Lipinski definition) is 0. The van der Waals surface area contributed by atoms with Crippen LogP contribution in [0.15, 0.2) is 121 Å². The molecule has 0 unspecified atom stereocenters. The smallest absolute Gasteiger partial charge is 0.255 e. The van der Waals surface area contributed by atoms with E-state index in [9.17, 15) is 19.2 Å². The molecule has 4 aromatic rings. The van der Waals surface area contributed by atoms with Gasteiger partial charge >= 0.3 is 0 Å². The van der Waals surface area contributed by atoms with E-state index in [0.717, 1.165) is 0 Å². The van der Waals surface area contributed by atoms with E-state index in [1.165, 1.54) is 12.8 Å². The van der Waals surface area contributed by atoms with Crippen LogP contribution in [0.25, 0.3) is 0 Å². The summed E-state index contributed by atoms with van der Waals surface area (Å²) >= 11 is 0. The van der Waals surface area contributed by atoms with Crippen molar-refractivity contribution in [2.24, 2.45) is 0 Å². The average Bonchev–Trinajstić information content (AvgIpc) is 2.91. The molecule has 35 heavy (non-hydrogen) atoms. The van der Waals surface area contributed by atoms with E-state index in [-0.39, 0.29) is 44.2 Å². The fourth-order valence-corrected chi connectivity index (χ4v) is 3.03. The molecule has 0 radical (unpaired) electrons. The standard InChI is InChI=1S/2C15H11O2.Mo/c2*16-14(12-7-3-1-4-8-12)11-15(17)13-9-5-2-6-10-13;/h2*1-11H;/q2*-1;/p+4. The van der Waals surface area contributed by atoms with E-state index >= 15 is 0 Å². The summed E-state index contributed by atoms with van der Waals surface area (Å²) in [4.78, 5) is 39.3. The zero-order valence-electron chi connectivity index (χ0n) is 18.9. The van der Waals surface area contributed by atoms with Crippen molar-refractivity contribution in [3.63, 3.8) is 0 Å². The van der Waals surface area contributed by atoms with E-state index in [4.69, 9.17) is 0 Å². The monoisotopic (exact) mass is 548 g/mol. The van der Waals surface area contributed by atoms with Crippen LogP contribution >= 0.6 is 0 Å². The molecule has 0 saturated heterocycles. The molecule has 0 atom stereocenters. The van der Waals surface area contributed by atoms with Crippen molar-refractivity contribution >= 4 is 23.1 Å². The summed E-state index contributed by atoms with van der Waals surface area (Å²) in [6.45, 7) is 0. The third kappa shape index (κ3) is 8.69. The largest absolute Gasteiger partial charge is 0.300 e. The number of carbonyl (C=O) groups excluding carboxylic acids is 4. The van der Waals surface area contributed by atoms with Gasteiger partial charge in [-0.25, -0.2) is 0 Å². The second-order valence-corrected chi connectivity index (χ2v) is 7.29. The summed E-state index contributed by atoms with van der Waals surface area (Å²) in [5.41, 5.74) is 2.70. The summed E-state index contributed by atoms with van der Waals surface area (Å²) in [7, 11) is 0. The van der Waals surface area contributed by atoms with E-state index in [1.807, 2.05) is 72.8 Å². The molecule has 4 aromatic carbocycles. The number of rotatable bonds is 8. The predicted octanol–water partition coefficient (Wildman–Crippen LogP) is 4.75. The Morgan fingerprint density at radius 3 is 0.686 bits per heavy atom. The van der Waals surface area contributed by atoms with Gasteiger partial charge in [0.25, 0.3) is 23.1 Å². The number of benzene rings is 4. The molecule has 5 heteroatoms. The van der Waals surface area contributed by atoms with Crippen LogP contribution in [0, 0.1) is 12.8 Å². The molecule has 0 bridgehead atoms. The topological polar surface area (TPSA) is 85.6 Å². The van der Waals surface area contributed by atoms with E-state index < -0.39 is 0 Å². The van der Waals surface area contributed by atoms with Crippen LogP contribution in [0.4, 0.5) is 0 Å². The average molecular weight is 546 g/mol. The molecule has 4 nitrogen and oxygen atoms in total. The van der Waals surface area contributed by atoms with Crippen molar-refractivity contribution in [3.8, 4) is 0 Å². The van der Waals surface area contributed by atoms with E-state index in [0.29, 0.717) is 22.3 Å². The molecule has 0 aliphatic rings. The first-order valence-corrected chi connectivity index (χ1v) is 10.7. The Labute approximate surface area is 219 Å². The Bertz CT molecular complexity index is 1040. The first kappa shape index (κ1) is 27.2. The minimum atomic E-state index is 0. The van der Waals surface area contributed by atoms with Crippen LogP contribution < -0.4 is 0 Å². The molecule has 0 amide bonds. The van der Waals surface area contributed by atoms with Crippen molar-refractivity contribution in [2.45, 2.75) is 0 Å². The Morgan fingerprint density at radius 1 is 0.343 bits per heavy atom. The van der Waals surface area contributed by atoms with Crippen LogP contribution in [0.1, 0.15) is 22.3 Å². The van der Waals surface area contributed by atoms with Crippen LogP contribution in [0.3, 0.4) is 0 Å². The van der Waals surface area contributed by atoms with Gasteiger partial charge in [0.2, 0.25) is 0 Å². The fourth-order valence-electron chi connectivity index (χ4n) is 3.03. The maximum Gasteiger partial charge on any atom is 0.255 e. The van der Waals surface area contributed by atoms with Crippen molar-refractivity contribution in [3.05, 3.63) is 156 Å². The summed E-state index contributed by atoms with van der Waals surface area (Å²) < 4.78 is 0. The SMILES string of the molecule is [Mo].[OH+]=C([CH-]C(=[OH+])c1ccccc1)c1ccccc1.[OH+]=C([CH-]C(=[OH+])c1ccccc1)c1ccccc1. The third-order valence-corrected chi connectivity index (χ3v) is 4.83. The van der Waals surface area contributed by atoms with Gasteiger partial charge in [-0.2, -0.15) is 0 Å². The zero-order valence-corrected chi connectivity index (χ0v) is 20.9. The first-order chi connectivity index (χ1) is 16.5. The Kier molecular flexibility index (Phi) is 11.1. The van der Waals surface area contributed by atoms with Gasteiger partial charge in [-0.1, -0.05) is 72.8 Å². The van der Waals surface area contributed by atoms with Gasteiger partial charge in [0, 0.05) is 33.9 Å². The van der Waals surface area contributed by atoms with Crippen molar-refractivity contribution in [1.29, 1.82) is 0 Å². The summed E-state index contributed by atoms with van der Waals surface area (Å²) in [5.74, 6) is 0.192. The van der Waals surface area contributed by atoms with E-state index in [1.54, 1.807) is 48.5 Å². The van der Waals surface area contributed by atoms with Gasteiger partial charge in [-0.15, -0.1) is 48.5 Å². The molecule has 4 rings (SSSR count). The minimum absolute atomic E-state index is 0. The fraction of sp³-hybridized carbons (Fsp3) is 0. The van der Waals surface area contributed by atoms with Gasteiger partial charge < -0.3 is 19.2 Å². The van der Waals surface area contributed by atoms with Crippen LogP contribution in [0.5, 0.6) is 0 Å². The Morgan fingerprint density at radius 2 is 0.514 bits per heavy atom. The van der Waals surface area contributed by atoms with Crippen molar-refractivity contribution in [1.82, 2.24) is 0 Å². The maximum atomic E-state index is 9.83. The van der Waals surface area contributed by atoms with Gasteiger partial charge in [-0.05, 0) is 22.3 Å². The summed E-state index contributed by atoms with van der Waals surface area (Å²) in [6.07, 6.45) is 2.70. The predicted molar refractivity (Wildman–Crippen MR) is 139 cm³/mol. The van der Waals surface area contributed by atoms with Crippen LogP contribution in [0.2, 0.25) is 0 Å². The third-order valence-electron chi connectivity index (χ3n) is 4.83. The molecule has 0 spiro atoms. The van der Waals surface area contributed by atoms with Gasteiger partial charge in [0.05, 0.1) is 0 Å². The molecular formula is C30H26MoO4+2. The summed E-state index contributed by atoms with van der Waals surface area (Å²) in [5, 5.41) is 0. The van der Waals surface area contributed by atoms with Gasteiger partial charge in [-0.3, -0.25) is 0 Å². The Balaban J connectivity index is 0.000000240. The van der Waals surface area contributed by atoms with Gasteiger partial charge in [0.15, 0.2) is 0 Å². The zero-order chi connectivity index (χ0) is 24.2. The molecule has 0 heterocycles. The maximum absolute atomic E-state index is 9.83. The van der Waals surface area contributed by atoms with Crippen LogP contribution in [-0.4, -0.2) is 42.3 Å². The van der Waals surface area contributed by atoms with Crippen molar-refractivity contribution in [2.75, 3.05) is 0 Å². The molecule has 0 aliphatic heterocycles. The second-order valence-electron chi connectivity index (χ2n) is 7.29. The molecular weight excluding hydrogens is 520 g/mol. The molecule has 4 N–H and O–H groups in total. The first-order valence-electron chi connectivity index (χ1n) is 10.7. The Hall–Kier alpha value is -4.01. The van der Waals surface area contributed by atoms with E-state index in [2.05, 4.69) is 0 Å². The molecule has 0 aliphatic carbocycles. The van der Waals surface area contributed by atoms with Crippen LogP contribution in [-0.2, 0) is 21.1 Å². The molecule has 0 fully saturated rings. The normalized spacial score (nSPS) is 9.37. The minimum Gasteiger partial charge on any atom is -0.300 e. The molecule has 0 aromatic heterocycles. The quantitative estimate of drug-likeness (QED) is 0.100. The molecule has 0 saturated carbocycles. The molecule has 174 valence electrons. The number of hydrogen-bond donors (Lipinski definition) is 0. The van der Waals surface area contributed by atoms with Crippen molar-refractivity contribution < 1.29 is 40.2 Å². The number of ketones is 4. The summed E-state index contributed by atoms with van der Waals surface area (Å²) in [6, 6.07) is 36.4. The second kappa shape index (κ2) is 14.3.